The fourth-order valence-corrected chi connectivity index (χ4v) is 2.84. The van der Waals surface area contributed by atoms with Crippen LogP contribution in [0.25, 0.3) is 0 Å². The number of amides is 3. The Balaban J connectivity index is 2.41. The van der Waals surface area contributed by atoms with Crippen LogP contribution >= 0.6 is 15.9 Å². The zero-order chi connectivity index (χ0) is 14.2. The number of hydrogen-bond acceptors (Lipinski definition) is 2. The standard InChI is InChI=1S/C14H15BrN2O2/c1-9(2)8-17-12(18)14(3,16-13(17)19)10-6-4-5-7-11(10)15/h4-7H,1,8H2,2-3H3,(H,16,19). The van der Waals surface area contributed by atoms with Crippen molar-refractivity contribution in [2.45, 2.75) is 19.4 Å². The molecule has 100 valence electrons. The molecule has 19 heavy (non-hydrogen) atoms. The van der Waals surface area contributed by atoms with Crippen LogP contribution < -0.4 is 5.32 Å². The molecule has 0 spiro atoms. The molecule has 0 aliphatic carbocycles. The Morgan fingerprint density at radius 1 is 1.42 bits per heavy atom. The highest BCUT2D eigenvalue weighted by Crippen LogP contribution is 2.33. The van der Waals surface area contributed by atoms with Crippen molar-refractivity contribution in [2.24, 2.45) is 0 Å². The summed E-state index contributed by atoms with van der Waals surface area (Å²) in [6, 6.07) is 7.00. The maximum Gasteiger partial charge on any atom is 0.325 e. The molecule has 5 heteroatoms. The molecule has 1 fully saturated rings. The lowest BCUT2D eigenvalue weighted by Gasteiger charge is -2.23. The summed E-state index contributed by atoms with van der Waals surface area (Å²) in [5, 5.41) is 2.76. The van der Waals surface area contributed by atoms with Crippen molar-refractivity contribution in [3.8, 4) is 0 Å². The predicted octanol–water partition coefficient (Wildman–Crippen LogP) is 2.79. The first-order valence-corrected chi connectivity index (χ1v) is 6.69. The molecule has 1 aromatic rings. The van der Waals surface area contributed by atoms with Crippen molar-refractivity contribution >= 4 is 27.9 Å². The number of nitrogens with one attached hydrogen (secondary N) is 1. The van der Waals surface area contributed by atoms with Gasteiger partial charge in [-0.1, -0.05) is 46.3 Å². The van der Waals surface area contributed by atoms with Gasteiger partial charge >= 0.3 is 6.03 Å². The van der Waals surface area contributed by atoms with Crippen LogP contribution in [0.5, 0.6) is 0 Å². The molecular weight excluding hydrogens is 308 g/mol. The van der Waals surface area contributed by atoms with Gasteiger partial charge in [-0.3, -0.25) is 9.69 Å². The van der Waals surface area contributed by atoms with Crippen LogP contribution in [-0.2, 0) is 10.3 Å². The predicted molar refractivity (Wildman–Crippen MR) is 76.6 cm³/mol. The maximum absolute atomic E-state index is 12.5. The first kappa shape index (κ1) is 13.8. The van der Waals surface area contributed by atoms with Crippen molar-refractivity contribution in [1.82, 2.24) is 10.2 Å². The van der Waals surface area contributed by atoms with E-state index in [0.717, 1.165) is 15.6 Å². The van der Waals surface area contributed by atoms with E-state index in [1.54, 1.807) is 13.8 Å². The maximum atomic E-state index is 12.5. The van der Waals surface area contributed by atoms with Crippen LogP contribution in [0, 0.1) is 0 Å². The van der Waals surface area contributed by atoms with E-state index in [1.807, 2.05) is 24.3 Å². The largest absolute Gasteiger partial charge is 0.325 e. The van der Waals surface area contributed by atoms with Gasteiger partial charge in [0.15, 0.2) is 0 Å². The first-order chi connectivity index (χ1) is 8.86. The highest BCUT2D eigenvalue weighted by atomic mass is 79.9. The topological polar surface area (TPSA) is 49.4 Å². The molecule has 1 N–H and O–H groups in total. The normalized spacial score (nSPS) is 22.6. The summed E-state index contributed by atoms with van der Waals surface area (Å²) >= 11 is 3.42. The van der Waals surface area contributed by atoms with E-state index in [1.165, 1.54) is 4.90 Å². The van der Waals surface area contributed by atoms with Gasteiger partial charge in [0.1, 0.15) is 5.54 Å². The fraction of sp³-hybridized carbons (Fsp3) is 0.286. The molecule has 2 rings (SSSR count). The van der Waals surface area contributed by atoms with Crippen LogP contribution in [0.2, 0.25) is 0 Å². The van der Waals surface area contributed by atoms with E-state index < -0.39 is 5.54 Å². The van der Waals surface area contributed by atoms with Gasteiger partial charge in [-0.15, -0.1) is 0 Å². The molecule has 0 radical (unpaired) electrons. The third kappa shape index (κ3) is 2.30. The van der Waals surface area contributed by atoms with E-state index in [4.69, 9.17) is 0 Å². The monoisotopic (exact) mass is 322 g/mol. The third-order valence-corrected chi connectivity index (χ3v) is 3.81. The Morgan fingerprint density at radius 3 is 2.63 bits per heavy atom. The highest BCUT2D eigenvalue weighted by molar-refractivity contribution is 9.10. The molecule has 1 aliphatic heterocycles. The number of rotatable bonds is 3. The molecular formula is C14H15BrN2O2. The van der Waals surface area contributed by atoms with Gasteiger partial charge in [0.25, 0.3) is 5.91 Å². The Kier molecular flexibility index (Phi) is 3.49. The molecule has 1 aliphatic rings. The Bertz CT molecular complexity index is 570. The summed E-state index contributed by atoms with van der Waals surface area (Å²) in [6.45, 7) is 7.48. The Hall–Kier alpha value is -1.62. The number of carbonyl (C=O) groups is 2. The van der Waals surface area contributed by atoms with Crippen LogP contribution in [-0.4, -0.2) is 23.4 Å². The van der Waals surface area contributed by atoms with Crippen molar-refractivity contribution in [2.75, 3.05) is 6.54 Å². The number of benzene rings is 1. The van der Waals surface area contributed by atoms with E-state index >= 15 is 0 Å². The second-order valence-corrected chi connectivity index (χ2v) is 5.74. The molecule has 1 heterocycles. The number of nitrogens with zero attached hydrogens (tertiary/aromatic N) is 1. The summed E-state index contributed by atoms with van der Waals surface area (Å²) in [4.78, 5) is 25.7. The molecule has 4 nitrogen and oxygen atoms in total. The van der Waals surface area contributed by atoms with E-state index in [-0.39, 0.29) is 18.5 Å². The minimum atomic E-state index is -1.04. The lowest BCUT2D eigenvalue weighted by molar-refractivity contribution is -0.130. The van der Waals surface area contributed by atoms with Gasteiger partial charge in [0.05, 0.1) is 6.54 Å². The number of hydrogen-bond donors (Lipinski definition) is 1. The van der Waals surface area contributed by atoms with Crippen LogP contribution in [0.15, 0.2) is 40.9 Å². The molecule has 1 unspecified atom stereocenters. The Labute approximate surface area is 120 Å². The molecule has 1 saturated heterocycles. The minimum Gasteiger partial charge on any atom is -0.319 e. The Morgan fingerprint density at radius 2 is 2.05 bits per heavy atom. The molecule has 1 atom stereocenters. The molecule has 0 aromatic heterocycles. The highest BCUT2D eigenvalue weighted by Gasteiger charge is 2.49. The van der Waals surface area contributed by atoms with Gasteiger partial charge in [-0.2, -0.15) is 0 Å². The van der Waals surface area contributed by atoms with Crippen LogP contribution in [0.1, 0.15) is 19.4 Å². The van der Waals surface area contributed by atoms with Gasteiger partial charge in [0, 0.05) is 10.0 Å². The summed E-state index contributed by atoms with van der Waals surface area (Å²) in [7, 11) is 0. The van der Waals surface area contributed by atoms with Crippen LogP contribution in [0.4, 0.5) is 4.79 Å². The van der Waals surface area contributed by atoms with Crippen molar-refractivity contribution in [1.29, 1.82) is 0 Å². The third-order valence-electron chi connectivity index (χ3n) is 3.12. The summed E-state index contributed by atoms with van der Waals surface area (Å²) in [5.74, 6) is -0.257. The average Bonchev–Trinajstić information content (AvgIpc) is 2.54. The number of urea groups is 1. The number of halogens is 1. The SMILES string of the molecule is C=C(C)CN1C(=O)NC(C)(c2ccccc2Br)C1=O. The smallest absolute Gasteiger partial charge is 0.319 e. The van der Waals surface area contributed by atoms with E-state index in [0.29, 0.717) is 0 Å². The van der Waals surface area contributed by atoms with Gasteiger partial charge in [-0.25, -0.2) is 4.79 Å². The number of carbonyl (C=O) groups excluding carboxylic acids is 2. The average molecular weight is 323 g/mol. The second kappa shape index (κ2) is 4.81. The van der Waals surface area contributed by atoms with Gasteiger partial charge in [0.2, 0.25) is 0 Å². The lowest BCUT2D eigenvalue weighted by Crippen LogP contribution is -2.41. The van der Waals surface area contributed by atoms with Gasteiger partial charge < -0.3 is 5.32 Å². The van der Waals surface area contributed by atoms with Crippen molar-refractivity contribution in [3.05, 3.63) is 46.5 Å². The van der Waals surface area contributed by atoms with Crippen molar-refractivity contribution in [3.63, 3.8) is 0 Å². The molecule has 3 amide bonds. The number of imide groups is 1. The zero-order valence-corrected chi connectivity index (χ0v) is 12.5. The fourth-order valence-electron chi connectivity index (χ4n) is 2.16. The first-order valence-electron chi connectivity index (χ1n) is 5.90. The summed E-state index contributed by atoms with van der Waals surface area (Å²) in [5.41, 5.74) is 0.476. The molecule has 0 saturated carbocycles. The quantitative estimate of drug-likeness (QED) is 0.687. The van der Waals surface area contributed by atoms with Crippen molar-refractivity contribution < 1.29 is 9.59 Å². The molecule has 1 aromatic carbocycles. The van der Waals surface area contributed by atoms with Gasteiger partial charge in [-0.05, 0) is 19.9 Å². The van der Waals surface area contributed by atoms with E-state index in [9.17, 15) is 9.59 Å². The zero-order valence-electron chi connectivity index (χ0n) is 10.9. The van der Waals surface area contributed by atoms with Crippen LogP contribution in [0.3, 0.4) is 0 Å². The summed E-state index contributed by atoms with van der Waals surface area (Å²) < 4.78 is 0.795. The minimum absolute atomic E-state index is 0.241. The molecule has 0 bridgehead atoms. The second-order valence-electron chi connectivity index (χ2n) is 4.88. The summed E-state index contributed by atoms with van der Waals surface area (Å²) in [6.07, 6.45) is 0. The lowest BCUT2D eigenvalue weighted by atomic mass is 9.92. The van der Waals surface area contributed by atoms with E-state index in [2.05, 4.69) is 27.8 Å².